The number of aryl methyl sites for hydroxylation is 1. The molecule has 4 nitrogen and oxygen atoms in total. The van der Waals surface area contributed by atoms with Crippen molar-refractivity contribution in [3.8, 4) is 5.75 Å². The number of halogens is 1. The Morgan fingerprint density at radius 3 is 2.74 bits per heavy atom. The maximum absolute atomic E-state index is 10.9. The normalized spacial score (nSPS) is 10.2. The molecule has 98 valence electrons. The lowest BCUT2D eigenvalue weighted by atomic mass is 10.1. The molecule has 0 aliphatic rings. The first-order chi connectivity index (χ1) is 9.06. The lowest BCUT2D eigenvalue weighted by Crippen LogP contribution is -1.99. The predicted molar refractivity (Wildman–Crippen MR) is 73.6 cm³/mol. The van der Waals surface area contributed by atoms with E-state index in [-0.39, 0.29) is 18.0 Å². The maximum Gasteiger partial charge on any atom is 0.311 e. The highest BCUT2D eigenvalue weighted by Crippen LogP contribution is 2.30. The minimum absolute atomic E-state index is 0.0861. The molecule has 2 aromatic carbocycles. The average molecular weight is 278 g/mol. The van der Waals surface area contributed by atoms with Crippen LogP contribution in [0.1, 0.15) is 11.1 Å². The molecule has 0 aliphatic heterocycles. The standard InChI is InChI=1S/C14H12ClNO3/c1-10-3-2-4-11(7-10)9-19-14-8-12(15)5-6-13(14)16(17)18/h2-8H,9H2,1H3. The van der Waals surface area contributed by atoms with Crippen molar-refractivity contribution in [1.82, 2.24) is 0 Å². The monoisotopic (exact) mass is 277 g/mol. The highest BCUT2D eigenvalue weighted by atomic mass is 35.5. The number of rotatable bonds is 4. The number of benzene rings is 2. The van der Waals surface area contributed by atoms with Crippen molar-refractivity contribution in [3.05, 3.63) is 68.7 Å². The number of ether oxygens (including phenoxy) is 1. The topological polar surface area (TPSA) is 52.4 Å². The van der Waals surface area contributed by atoms with Crippen LogP contribution in [0.4, 0.5) is 5.69 Å². The van der Waals surface area contributed by atoms with Gasteiger partial charge in [-0.15, -0.1) is 0 Å². The summed E-state index contributed by atoms with van der Waals surface area (Å²) < 4.78 is 5.49. The Kier molecular flexibility index (Phi) is 4.02. The van der Waals surface area contributed by atoms with E-state index in [1.807, 2.05) is 31.2 Å². The van der Waals surface area contributed by atoms with Gasteiger partial charge in [0, 0.05) is 17.2 Å². The van der Waals surface area contributed by atoms with E-state index < -0.39 is 4.92 Å². The van der Waals surface area contributed by atoms with Crippen molar-refractivity contribution in [3.63, 3.8) is 0 Å². The molecule has 0 spiro atoms. The van der Waals surface area contributed by atoms with Gasteiger partial charge in [-0.1, -0.05) is 41.4 Å². The Bertz CT molecular complexity index is 613. The molecular formula is C14H12ClNO3. The Labute approximate surface area is 115 Å². The summed E-state index contributed by atoms with van der Waals surface area (Å²) in [5, 5.41) is 11.3. The molecule has 0 saturated heterocycles. The van der Waals surface area contributed by atoms with Gasteiger partial charge in [0.2, 0.25) is 0 Å². The van der Waals surface area contributed by atoms with Gasteiger partial charge in [-0.2, -0.15) is 0 Å². The molecule has 19 heavy (non-hydrogen) atoms. The summed E-state index contributed by atoms with van der Waals surface area (Å²) in [6.45, 7) is 2.24. The van der Waals surface area contributed by atoms with Crippen molar-refractivity contribution in [1.29, 1.82) is 0 Å². The first kappa shape index (κ1) is 13.4. The van der Waals surface area contributed by atoms with Crippen LogP contribution in [0.2, 0.25) is 5.02 Å². The van der Waals surface area contributed by atoms with Crippen LogP contribution >= 0.6 is 11.6 Å². The van der Waals surface area contributed by atoms with E-state index in [0.29, 0.717) is 5.02 Å². The Balaban J connectivity index is 2.19. The molecule has 0 radical (unpaired) electrons. The van der Waals surface area contributed by atoms with Crippen LogP contribution in [0, 0.1) is 17.0 Å². The fourth-order valence-corrected chi connectivity index (χ4v) is 1.88. The fraction of sp³-hybridized carbons (Fsp3) is 0.143. The summed E-state index contributed by atoms with van der Waals surface area (Å²) in [5.41, 5.74) is 1.98. The van der Waals surface area contributed by atoms with E-state index in [4.69, 9.17) is 16.3 Å². The molecule has 2 aromatic rings. The molecule has 0 unspecified atom stereocenters. The van der Waals surface area contributed by atoms with Gasteiger partial charge >= 0.3 is 5.69 Å². The van der Waals surface area contributed by atoms with Gasteiger partial charge in [-0.05, 0) is 18.6 Å². The summed E-state index contributed by atoms with van der Waals surface area (Å²) >= 11 is 5.83. The largest absolute Gasteiger partial charge is 0.482 e. The minimum atomic E-state index is -0.484. The zero-order valence-electron chi connectivity index (χ0n) is 10.3. The molecule has 0 heterocycles. The van der Waals surface area contributed by atoms with Crippen LogP contribution < -0.4 is 4.74 Å². The van der Waals surface area contributed by atoms with Crippen LogP contribution in [0.25, 0.3) is 0 Å². The Hall–Kier alpha value is -2.07. The van der Waals surface area contributed by atoms with Gasteiger partial charge in [0.25, 0.3) is 0 Å². The molecule has 0 atom stereocenters. The smallest absolute Gasteiger partial charge is 0.311 e. The molecule has 0 N–H and O–H groups in total. The summed E-state index contributed by atoms with van der Waals surface area (Å²) in [4.78, 5) is 10.4. The molecule has 0 saturated carbocycles. The fourth-order valence-electron chi connectivity index (χ4n) is 1.72. The van der Waals surface area contributed by atoms with Gasteiger partial charge in [0.15, 0.2) is 5.75 Å². The quantitative estimate of drug-likeness (QED) is 0.623. The molecule has 0 fully saturated rings. The lowest BCUT2D eigenvalue weighted by Gasteiger charge is -2.07. The molecule has 0 amide bonds. The minimum Gasteiger partial charge on any atom is -0.482 e. The number of nitrogens with zero attached hydrogens (tertiary/aromatic N) is 1. The highest BCUT2D eigenvalue weighted by molar-refractivity contribution is 6.30. The van der Waals surface area contributed by atoms with Gasteiger partial charge in [0.1, 0.15) is 6.61 Å². The molecule has 5 heteroatoms. The van der Waals surface area contributed by atoms with E-state index >= 15 is 0 Å². The molecule has 0 bridgehead atoms. The number of hydrogen-bond donors (Lipinski definition) is 0. The van der Waals surface area contributed by atoms with E-state index in [9.17, 15) is 10.1 Å². The third-order valence-electron chi connectivity index (χ3n) is 2.60. The van der Waals surface area contributed by atoms with Gasteiger partial charge in [0.05, 0.1) is 4.92 Å². The van der Waals surface area contributed by atoms with Gasteiger partial charge in [-0.3, -0.25) is 10.1 Å². The second kappa shape index (κ2) is 5.71. The average Bonchev–Trinajstić information content (AvgIpc) is 2.36. The Morgan fingerprint density at radius 1 is 1.26 bits per heavy atom. The predicted octanol–water partition coefficient (Wildman–Crippen LogP) is 4.14. The lowest BCUT2D eigenvalue weighted by molar-refractivity contribution is -0.385. The van der Waals surface area contributed by atoms with Crippen LogP contribution in [0.15, 0.2) is 42.5 Å². The third-order valence-corrected chi connectivity index (χ3v) is 2.83. The number of nitro groups is 1. The van der Waals surface area contributed by atoms with Crippen LogP contribution in [-0.2, 0) is 6.61 Å². The van der Waals surface area contributed by atoms with E-state index in [1.165, 1.54) is 18.2 Å². The highest BCUT2D eigenvalue weighted by Gasteiger charge is 2.15. The molecule has 2 rings (SSSR count). The summed E-state index contributed by atoms with van der Waals surface area (Å²) in [7, 11) is 0. The summed E-state index contributed by atoms with van der Waals surface area (Å²) in [6.07, 6.45) is 0. The Morgan fingerprint density at radius 2 is 2.05 bits per heavy atom. The van der Waals surface area contributed by atoms with Gasteiger partial charge in [-0.25, -0.2) is 0 Å². The van der Waals surface area contributed by atoms with Gasteiger partial charge < -0.3 is 4.74 Å². The maximum atomic E-state index is 10.9. The number of nitro benzene ring substituents is 1. The van der Waals surface area contributed by atoms with E-state index in [0.717, 1.165) is 11.1 Å². The van der Waals surface area contributed by atoms with Crippen molar-refractivity contribution >= 4 is 17.3 Å². The van der Waals surface area contributed by atoms with Crippen molar-refractivity contribution < 1.29 is 9.66 Å². The third kappa shape index (κ3) is 3.45. The van der Waals surface area contributed by atoms with Crippen LogP contribution in [-0.4, -0.2) is 4.92 Å². The molecular weight excluding hydrogens is 266 g/mol. The zero-order valence-corrected chi connectivity index (χ0v) is 11.1. The van der Waals surface area contributed by atoms with E-state index in [1.54, 1.807) is 0 Å². The SMILES string of the molecule is Cc1cccc(COc2cc(Cl)ccc2[N+](=O)[O-])c1. The number of hydrogen-bond acceptors (Lipinski definition) is 3. The van der Waals surface area contributed by atoms with Crippen molar-refractivity contribution in [2.24, 2.45) is 0 Å². The van der Waals surface area contributed by atoms with Crippen molar-refractivity contribution in [2.75, 3.05) is 0 Å². The first-order valence-electron chi connectivity index (χ1n) is 5.68. The second-order valence-corrected chi connectivity index (χ2v) is 4.58. The first-order valence-corrected chi connectivity index (χ1v) is 6.06. The second-order valence-electron chi connectivity index (χ2n) is 4.15. The molecule has 0 aromatic heterocycles. The zero-order chi connectivity index (χ0) is 13.8. The molecule has 0 aliphatic carbocycles. The summed E-state index contributed by atoms with van der Waals surface area (Å²) in [5.74, 6) is 0.180. The van der Waals surface area contributed by atoms with E-state index in [2.05, 4.69) is 0 Å². The van der Waals surface area contributed by atoms with Crippen LogP contribution in [0.5, 0.6) is 5.75 Å². The van der Waals surface area contributed by atoms with Crippen LogP contribution in [0.3, 0.4) is 0 Å². The summed E-state index contributed by atoms with van der Waals surface area (Å²) in [6, 6.07) is 12.0. The van der Waals surface area contributed by atoms with Crippen molar-refractivity contribution in [2.45, 2.75) is 13.5 Å².